The fourth-order valence-electron chi connectivity index (χ4n) is 2.59. The average molecular weight is 404 g/mol. The minimum absolute atomic E-state index is 0.288. The Hall–Kier alpha value is -3.62. The Bertz CT molecular complexity index is 872. The van der Waals surface area contributed by atoms with Crippen molar-refractivity contribution in [1.82, 2.24) is 5.43 Å². The summed E-state index contributed by atoms with van der Waals surface area (Å²) in [6, 6.07) is 6.42. The molecule has 1 N–H and O–H groups in total. The number of rotatable bonds is 9. The van der Waals surface area contributed by atoms with E-state index in [0.717, 1.165) is 0 Å². The Balaban J connectivity index is 2.26. The van der Waals surface area contributed by atoms with Crippen LogP contribution in [-0.4, -0.2) is 54.8 Å². The van der Waals surface area contributed by atoms with Crippen LogP contribution in [0.4, 0.5) is 0 Å². The number of nitrogens with zero attached hydrogens (tertiary/aromatic N) is 1. The van der Waals surface area contributed by atoms with Crippen molar-refractivity contribution in [3.05, 3.63) is 35.4 Å². The molecular weight excluding hydrogens is 380 g/mol. The Morgan fingerprint density at radius 3 is 1.72 bits per heavy atom. The number of carbonyl (C=O) groups excluding carboxylic acids is 1. The van der Waals surface area contributed by atoms with Crippen molar-refractivity contribution >= 4 is 12.1 Å². The second kappa shape index (κ2) is 10.1. The average Bonchev–Trinajstić information content (AvgIpc) is 2.77. The molecular formula is C20H24N2O7. The Kier molecular flexibility index (Phi) is 7.53. The van der Waals surface area contributed by atoms with Crippen molar-refractivity contribution in [2.24, 2.45) is 5.10 Å². The van der Waals surface area contributed by atoms with Crippen molar-refractivity contribution in [3.8, 4) is 34.5 Å². The third-order valence-corrected chi connectivity index (χ3v) is 4.03. The van der Waals surface area contributed by atoms with Crippen molar-refractivity contribution in [1.29, 1.82) is 0 Å². The number of hydrogen-bond acceptors (Lipinski definition) is 8. The van der Waals surface area contributed by atoms with E-state index in [2.05, 4.69) is 10.5 Å². The number of hydrogen-bond donors (Lipinski definition) is 1. The molecule has 0 fully saturated rings. The van der Waals surface area contributed by atoms with Crippen LogP contribution in [0, 0.1) is 0 Å². The lowest BCUT2D eigenvalue weighted by Gasteiger charge is -2.13. The minimum Gasteiger partial charge on any atom is -0.496 e. The van der Waals surface area contributed by atoms with E-state index in [-0.39, 0.29) is 5.56 Å². The maximum atomic E-state index is 12.5. The fourth-order valence-corrected chi connectivity index (χ4v) is 2.59. The third kappa shape index (κ3) is 4.81. The van der Waals surface area contributed by atoms with Crippen LogP contribution in [0.1, 0.15) is 15.9 Å². The highest BCUT2D eigenvalue weighted by atomic mass is 16.5. The maximum absolute atomic E-state index is 12.5. The van der Waals surface area contributed by atoms with Crippen LogP contribution in [0.5, 0.6) is 34.5 Å². The second-order valence-electron chi connectivity index (χ2n) is 5.56. The van der Waals surface area contributed by atoms with Gasteiger partial charge >= 0.3 is 0 Å². The molecule has 0 spiro atoms. The molecule has 0 aliphatic rings. The molecule has 2 rings (SSSR count). The Morgan fingerprint density at radius 1 is 0.724 bits per heavy atom. The van der Waals surface area contributed by atoms with Crippen LogP contribution < -0.4 is 33.8 Å². The summed E-state index contributed by atoms with van der Waals surface area (Å²) in [4.78, 5) is 12.5. The molecule has 0 bridgehead atoms. The molecule has 0 atom stereocenters. The standard InChI is InChI=1S/C20H24N2O7/c1-24-14-10-16(26-3)15(25-2)9-13(14)11-21-22-20(23)12-7-17(27-4)19(29-6)18(8-12)28-5/h7-11H,1-6H3,(H,22,23)/b21-11-. The van der Waals surface area contributed by atoms with E-state index in [1.165, 1.54) is 61.0 Å². The van der Waals surface area contributed by atoms with E-state index in [4.69, 9.17) is 28.4 Å². The summed E-state index contributed by atoms with van der Waals surface area (Å²) in [6.07, 6.45) is 1.44. The highest BCUT2D eigenvalue weighted by Crippen LogP contribution is 2.38. The molecule has 0 aliphatic heterocycles. The van der Waals surface area contributed by atoms with Crippen molar-refractivity contribution in [3.63, 3.8) is 0 Å². The number of amides is 1. The molecule has 156 valence electrons. The predicted molar refractivity (Wildman–Crippen MR) is 107 cm³/mol. The summed E-state index contributed by atoms with van der Waals surface area (Å²) in [6.45, 7) is 0. The van der Waals surface area contributed by atoms with Gasteiger partial charge in [-0.1, -0.05) is 0 Å². The molecule has 1 amide bonds. The van der Waals surface area contributed by atoms with E-state index in [1.807, 2.05) is 0 Å². The molecule has 2 aromatic rings. The number of methoxy groups -OCH3 is 6. The quantitative estimate of drug-likeness (QED) is 0.507. The molecule has 0 saturated heterocycles. The van der Waals surface area contributed by atoms with Gasteiger partial charge in [-0.25, -0.2) is 5.43 Å². The lowest BCUT2D eigenvalue weighted by Crippen LogP contribution is -2.18. The van der Waals surface area contributed by atoms with Gasteiger partial charge in [-0.15, -0.1) is 0 Å². The molecule has 0 unspecified atom stereocenters. The fraction of sp³-hybridized carbons (Fsp3) is 0.300. The molecule has 29 heavy (non-hydrogen) atoms. The van der Waals surface area contributed by atoms with Gasteiger partial charge in [0.25, 0.3) is 5.91 Å². The number of benzene rings is 2. The zero-order valence-corrected chi connectivity index (χ0v) is 17.2. The first-order chi connectivity index (χ1) is 14.0. The van der Waals surface area contributed by atoms with E-state index >= 15 is 0 Å². The maximum Gasteiger partial charge on any atom is 0.271 e. The van der Waals surface area contributed by atoms with Crippen molar-refractivity contribution in [2.45, 2.75) is 0 Å². The summed E-state index contributed by atoms with van der Waals surface area (Å²) in [5, 5.41) is 4.00. The first-order valence-corrected chi connectivity index (χ1v) is 8.46. The molecule has 9 nitrogen and oxygen atoms in total. The number of hydrazone groups is 1. The Labute approximate surface area is 169 Å². The van der Waals surface area contributed by atoms with Gasteiger partial charge in [0.15, 0.2) is 23.0 Å². The monoisotopic (exact) mass is 404 g/mol. The van der Waals surface area contributed by atoms with Crippen LogP contribution in [0.2, 0.25) is 0 Å². The highest BCUT2D eigenvalue weighted by molar-refractivity contribution is 5.96. The largest absolute Gasteiger partial charge is 0.496 e. The summed E-state index contributed by atoms with van der Waals surface area (Å²) < 4.78 is 31.6. The first kappa shape index (κ1) is 21.7. The van der Waals surface area contributed by atoms with Gasteiger partial charge in [-0.2, -0.15) is 5.10 Å². The van der Waals surface area contributed by atoms with Gasteiger partial charge in [0, 0.05) is 17.2 Å². The number of ether oxygens (including phenoxy) is 6. The molecule has 0 radical (unpaired) electrons. The van der Waals surface area contributed by atoms with Crippen molar-refractivity contribution < 1.29 is 33.2 Å². The minimum atomic E-state index is -0.458. The molecule has 0 heterocycles. The second-order valence-corrected chi connectivity index (χ2v) is 5.56. The van der Waals surface area contributed by atoms with Gasteiger partial charge in [-0.05, 0) is 18.2 Å². The molecule has 0 aliphatic carbocycles. The van der Waals surface area contributed by atoms with Crippen LogP contribution in [0.3, 0.4) is 0 Å². The van der Waals surface area contributed by atoms with Crippen LogP contribution in [0.15, 0.2) is 29.4 Å². The molecule has 0 saturated carbocycles. The first-order valence-electron chi connectivity index (χ1n) is 8.46. The lowest BCUT2D eigenvalue weighted by atomic mass is 10.1. The van der Waals surface area contributed by atoms with Crippen LogP contribution >= 0.6 is 0 Å². The number of nitrogens with one attached hydrogen (secondary N) is 1. The van der Waals surface area contributed by atoms with Gasteiger partial charge < -0.3 is 28.4 Å². The zero-order valence-electron chi connectivity index (χ0n) is 17.2. The van der Waals surface area contributed by atoms with Gasteiger partial charge in [0.2, 0.25) is 5.75 Å². The molecule has 2 aromatic carbocycles. The summed E-state index contributed by atoms with van der Waals surface area (Å²) in [5.41, 5.74) is 3.34. The zero-order chi connectivity index (χ0) is 21.4. The van der Waals surface area contributed by atoms with E-state index < -0.39 is 5.91 Å². The molecule has 0 aromatic heterocycles. The van der Waals surface area contributed by atoms with Gasteiger partial charge in [0.1, 0.15) is 5.75 Å². The summed E-state index contributed by atoms with van der Waals surface area (Å²) in [5.74, 6) is 2.19. The van der Waals surface area contributed by atoms with Crippen molar-refractivity contribution in [2.75, 3.05) is 42.7 Å². The topological polar surface area (TPSA) is 96.8 Å². The van der Waals surface area contributed by atoms with E-state index in [1.54, 1.807) is 12.1 Å². The van der Waals surface area contributed by atoms with E-state index in [9.17, 15) is 4.79 Å². The molecule has 9 heteroatoms. The third-order valence-electron chi connectivity index (χ3n) is 4.03. The lowest BCUT2D eigenvalue weighted by molar-refractivity contribution is 0.0954. The van der Waals surface area contributed by atoms with Crippen LogP contribution in [-0.2, 0) is 0 Å². The predicted octanol–water partition coefficient (Wildman–Crippen LogP) is 2.50. The van der Waals surface area contributed by atoms with Crippen LogP contribution in [0.25, 0.3) is 0 Å². The Morgan fingerprint density at radius 2 is 1.24 bits per heavy atom. The van der Waals surface area contributed by atoms with E-state index in [0.29, 0.717) is 40.1 Å². The normalized spacial score (nSPS) is 10.4. The summed E-state index contributed by atoms with van der Waals surface area (Å²) >= 11 is 0. The SMILES string of the molecule is COc1cc(OC)c(OC)cc1/C=N\NC(=O)c1cc(OC)c(OC)c(OC)c1. The number of carbonyl (C=O) groups is 1. The smallest absolute Gasteiger partial charge is 0.271 e. The van der Waals surface area contributed by atoms with Gasteiger partial charge in [-0.3, -0.25) is 4.79 Å². The van der Waals surface area contributed by atoms with Gasteiger partial charge in [0.05, 0.1) is 48.9 Å². The highest BCUT2D eigenvalue weighted by Gasteiger charge is 2.17. The summed E-state index contributed by atoms with van der Waals surface area (Å²) in [7, 11) is 9.01.